The Hall–Kier alpha value is -2.36. The Bertz CT molecular complexity index is 726. The maximum absolute atomic E-state index is 12.9. The lowest BCUT2D eigenvalue weighted by molar-refractivity contribution is 0.0756. The van der Waals surface area contributed by atoms with Gasteiger partial charge in [-0.05, 0) is 67.5 Å². The van der Waals surface area contributed by atoms with Gasteiger partial charge in [-0.1, -0.05) is 19.3 Å². The van der Waals surface area contributed by atoms with Gasteiger partial charge in [-0.3, -0.25) is 9.78 Å². The van der Waals surface area contributed by atoms with Crippen LogP contribution in [0.5, 0.6) is 11.5 Å². The maximum Gasteiger partial charge on any atom is 0.253 e. The summed E-state index contributed by atoms with van der Waals surface area (Å²) in [5.41, 5.74) is 0.741. The molecule has 0 radical (unpaired) electrons. The van der Waals surface area contributed by atoms with E-state index >= 15 is 0 Å². The van der Waals surface area contributed by atoms with Crippen molar-refractivity contribution in [3.8, 4) is 11.5 Å². The monoisotopic (exact) mass is 350 g/mol. The minimum Gasteiger partial charge on any atom is -0.456 e. The van der Waals surface area contributed by atoms with Gasteiger partial charge in [-0.2, -0.15) is 0 Å². The summed E-state index contributed by atoms with van der Waals surface area (Å²) in [6.45, 7) is 1.78. The van der Waals surface area contributed by atoms with Gasteiger partial charge < -0.3 is 9.64 Å². The minimum atomic E-state index is 0.146. The van der Waals surface area contributed by atoms with E-state index < -0.39 is 0 Å². The molecule has 1 atom stereocenters. The fourth-order valence-electron chi connectivity index (χ4n) is 4.10. The highest BCUT2D eigenvalue weighted by Crippen LogP contribution is 2.38. The summed E-state index contributed by atoms with van der Waals surface area (Å²) in [6.07, 6.45) is 11.2. The highest BCUT2D eigenvalue weighted by atomic mass is 16.5. The Labute approximate surface area is 155 Å². The lowest BCUT2D eigenvalue weighted by Gasteiger charge is -2.33. The number of amides is 1. The van der Waals surface area contributed by atoms with E-state index in [2.05, 4.69) is 4.98 Å². The zero-order valence-electron chi connectivity index (χ0n) is 15.1. The van der Waals surface area contributed by atoms with Crippen LogP contribution in [0.2, 0.25) is 0 Å². The molecule has 2 heterocycles. The van der Waals surface area contributed by atoms with E-state index in [-0.39, 0.29) is 5.91 Å². The predicted octanol–water partition coefficient (Wildman–Crippen LogP) is 4.92. The zero-order chi connectivity index (χ0) is 17.8. The molecular weight excluding hydrogens is 324 g/mol. The summed E-state index contributed by atoms with van der Waals surface area (Å²) in [5.74, 6) is 3.31. The molecule has 1 unspecified atom stereocenters. The average Bonchev–Trinajstić information content (AvgIpc) is 2.87. The molecule has 0 N–H and O–H groups in total. The predicted molar refractivity (Wildman–Crippen MR) is 101 cm³/mol. The normalized spacial score (nSPS) is 20.9. The Balaban J connectivity index is 1.36. The largest absolute Gasteiger partial charge is 0.456 e. The average molecular weight is 350 g/mol. The number of carbonyl (C=O) groups is 1. The summed E-state index contributed by atoms with van der Waals surface area (Å²) >= 11 is 0. The van der Waals surface area contributed by atoms with Crippen molar-refractivity contribution >= 4 is 5.91 Å². The van der Waals surface area contributed by atoms with Gasteiger partial charge in [0.2, 0.25) is 0 Å². The van der Waals surface area contributed by atoms with Gasteiger partial charge in [0.25, 0.3) is 5.91 Å². The van der Waals surface area contributed by atoms with Gasteiger partial charge in [0.15, 0.2) is 0 Å². The molecule has 1 aromatic carbocycles. The van der Waals surface area contributed by atoms with Crippen molar-refractivity contribution in [3.05, 3.63) is 54.4 Å². The van der Waals surface area contributed by atoms with Crippen molar-refractivity contribution in [2.45, 2.75) is 38.5 Å². The van der Waals surface area contributed by atoms with Crippen LogP contribution >= 0.6 is 0 Å². The molecule has 26 heavy (non-hydrogen) atoms. The van der Waals surface area contributed by atoms with E-state index in [1.165, 1.54) is 32.1 Å². The van der Waals surface area contributed by atoms with Crippen LogP contribution in [-0.2, 0) is 0 Å². The van der Waals surface area contributed by atoms with Crippen LogP contribution < -0.4 is 4.74 Å². The Morgan fingerprint density at radius 1 is 0.923 bits per heavy atom. The number of benzene rings is 1. The van der Waals surface area contributed by atoms with E-state index in [4.69, 9.17) is 4.74 Å². The minimum absolute atomic E-state index is 0.146. The standard InChI is InChI=1S/C22H26N2O2/c25-22(24-14-3-6-18(12-15-24)17-4-1-5-17)19-8-10-20(11-9-19)26-21-7-2-13-23-16-21/h2,7-11,13,16-18H,1,3-6,12,14-15H2. The lowest BCUT2D eigenvalue weighted by Crippen LogP contribution is -2.32. The van der Waals surface area contributed by atoms with Gasteiger partial charge in [0.05, 0.1) is 6.20 Å². The molecule has 4 nitrogen and oxygen atoms in total. The molecule has 1 saturated heterocycles. The van der Waals surface area contributed by atoms with Gasteiger partial charge in [-0.25, -0.2) is 0 Å². The van der Waals surface area contributed by atoms with Crippen LogP contribution in [0.1, 0.15) is 48.9 Å². The second-order valence-corrected chi connectivity index (χ2v) is 7.49. The van der Waals surface area contributed by atoms with E-state index in [0.29, 0.717) is 5.75 Å². The van der Waals surface area contributed by atoms with Crippen LogP contribution in [0.4, 0.5) is 0 Å². The number of hydrogen-bond acceptors (Lipinski definition) is 3. The Morgan fingerprint density at radius 2 is 1.69 bits per heavy atom. The number of pyridine rings is 1. The molecule has 4 heteroatoms. The van der Waals surface area contributed by atoms with Crippen LogP contribution in [0.3, 0.4) is 0 Å². The van der Waals surface area contributed by atoms with Gasteiger partial charge >= 0.3 is 0 Å². The van der Waals surface area contributed by atoms with Crippen LogP contribution in [0.25, 0.3) is 0 Å². The number of hydrogen-bond donors (Lipinski definition) is 0. The molecule has 1 aliphatic carbocycles. The highest BCUT2D eigenvalue weighted by molar-refractivity contribution is 5.94. The quantitative estimate of drug-likeness (QED) is 0.786. The summed E-state index contributed by atoms with van der Waals surface area (Å²) in [4.78, 5) is 18.9. The highest BCUT2D eigenvalue weighted by Gasteiger charge is 2.30. The Morgan fingerprint density at radius 3 is 2.38 bits per heavy atom. The smallest absolute Gasteiger partial charge is 0.253 e. The molecular formula is C22H26N2O2. The van der Waals surface area contributed by atoms with Crippen LogP contribution in [0, 0.1) is 11.8 Å². The van der Waals surface area contributed by atoms with E-state index in [1.807, 2.05) is 41.3 Å². The Kier molecular flexibility index (Phi) is 5.19. The molecule has 1 aliphatic heterocycles. The molecule has 2 fully saturated rings. The molecule has 4 rings (SSSR count). The molecule has 2 aromatic rings. The number of aromatic nitrogens is 1. The van der Waals surface area contributed by atoms with Crippen molar-refractivity contribution in [2.75, 3.05) is 13.1 Å². The molecule has 136 valence electrons. The third-order valence-corrected chi connectivity index (χ3v) is 5.85. The number of likely N-dealkylation sites (tertiary alicyclic amines) is 1. The second kappa shape index (κ2) is 7.90. The first-order chi connectivity index (χ1) is 12.8. The maximum atomic E-state index is 12.9. The van der Waals surface area contributed by atoms with Gasteiger partial charge in [-0.15, -0.1) is 0 Å². The summed E-state index contributed by atoms with van der Waals surface area (Å²) in [6, 6.07) is 11.1. The van der Waals surface area contributed by atoms with Crippen molar-refractivity contribution in [2.24, 2.45) is 11.8 Å². The van der Waals surface area contributed by atoms with Crippen LogP contribution in [0.15, 0.2) is 48.8 Å². The van der Waals surface area contributed by atoms with Crippen molar-refractivity contribution in [1.29, 1.82) is 0 Å². The number of ether oxygens (including phenoxy) is 1. The molecule has 1 aromatic heterocycles. The SMILES string of the molecule is O=C(c1ccc(Oc2cccnc2)cc1)N1CCCC(C2CCC2)CC1. The molecule has 1 amide bonds. The van der Waals surface area contributed by atoms with E-state index in [0.717, 1.165) is 42.7 Å². The van der Waals surface area contributed by atoms with Crippen LogP contribution in [-0.4, -0.2) is 28.9 Å². The number of carbonyl (C=O) groups excluding carboxylic acids is 1. The van der Waals surface area contributed by atoms with Gasteiger partial charge in [0, 0.05) is 24.8 Å². The van der Waals surface area contributed by atoms with E-state index in [1.54, 1.807) is 12.4 Å². The molecule has 2 aliphatic rings. The molecule has 0 spiro atoms. The fourth-order valence-corrected chi connectivity index (χ4v) is 4.10. The first-order valence-corrected chi connectivity index (χ1v) is 9.77. The third-order valence-electron chi connectivity index (χ3n) is 5.85. The van der Waals surface area contributed by atoms with Crippen molar-refractivity contribution in [3.63, 3.8) is 0 Å². The fraction of sp³-hybridized carbons (Fsp3) is 0.455. The topological polar surface area (TPSA) is 42.4 Å². The first kappa shape index (κ1) is 17.1. The first-order valence-electron chi connectivity index (χ1n) is 9.77. The summed E-state index contributed by atoms with van der Waals surface area (Å²) < 4.78 is 5.75. The zero-order valence-corrected chi connectivity index (χ0v) is 15.1. The summed E-state index contributed by atoms with van der Waals surface area (Å²) in [7, 11) is 0. The van der Waals surface area contributed by atoms with Gasteiger partial charge in [0.1, 0.15) is 11.5 Å². The third kappa shape index (κ3) is 3.90. The van der Waals surface area contributed by atoms with Crippen molar-refractivity contribution in [1.82, 2.24) is 9.88 Å². The lowest BCUT2D eigenvalue weighted by atomic mass is 9.73. The second-order valence-electron chi connectivity index (χ2n) is 7.49. The number of nitrogens with zero attached hydrogens (tertiary/aromatic N) is 2. The molecule has 0 bridgehead atoms. The number of rotatable bonds is 4. The van der Waals surface area contributed by atoms with E-state index in [9.17, 15) is 4.79 Å². The summed E-state index contributed by atoms with van der Waals surface area (Å²) in [5, 5.41) is 0. The van der Waals surface area contributed by atoms with Crippen molar-refractivity contribution < 1.29 is 9.53 Å². The molecule has 1 saturated carbocycles.